The lowest BCUT2D eigenvalue weighted by Gasteiger charge is -2.00. The second-order valence-electron chi connectivity index (χ2n) is 4.39. The maximum atomic E-state index is 12.5. The summed E-state index contributed by atoms with van der Waals surface area (Å²) in [6, 6.07) is 11.1. The van der Waals surface area contributed by atoms with Crippen LogP contribution in [0.5, 0.6) is 0 Å². The second-order valence-corrected chi connectivity index (χ2v) is 4.39. The smallest absolute Gasteiger partial charge is 0.194 e. The molecule has 20 heavy (non-hydrogen) atoms. The zero-order chi connectivity index (χ0) is 14.1. The van der Waals surface area contributed by atoms with E-state index in [-0.39, 0.29) is 5.78 Å². The monoisotopic (exact) mass is 264 g/mol. The Kier molecular flexibility index (Phi) is 2.95. The SMILES string of the molecule is CN=Nc1ccc2c(c1)C(=O)c1cc(N=NC)ccc1-2. The van der Waals surface area contributed by atoms with E-state index in [9.17, 15) is 4.79 Å². The summed E-state index contributed by atoms with van der Waals surface area (Å²) in [4.78, 5) is 12.5. The Balaban J connectivity index is 2.15. The largest absolute Gasteiger partial charge is 0.289 e. The highest BCUT2D eigenvalue weighted by molar-refractivity contribution is 6.22. The van der Waals surface area contributed by atoms with Crippen molar-refractivity contribution in [1.29, 1.82) is 0 Å². The molecule has 1 aliphatic carbocycles. The van der Waals surface area contributed by atoms with Crippen molar-refractivity contribution in [2.75, 3.05) is 14.1 Å². The number of hydrogen-bond acceptors (Lipinski definition) is 5. The minimum absolute atomic E-state index is 0.00342. The van der Waals surface area contributed by atoms with Gasteiger partial charge in [-0.3, -0.25) is 4.79 Å². The predicted molar refractivity (Wildman–Crippen MR) is 76.2 cm³/mol. The first-order valence-electron chi connectivity index (χ1n) is 6.17. The van der Waals surface area contributed by atoms with E-state index in [1.54, 1.807) is 26.2 Å². The first-order chi connectivity index (χ1) is 9.74. The number of ketones is 1. The van der Waals surface area contributed by atoms with Crippen LogP contribution >= 0.6 is 0 Å². The molecule has 0 N–H and O–H groups in total. The Bertz CT molecular complexity index is 699. The fourth-order valence-electron chi connectivity index (χ4n) is 2.41. The molecule has 1 aliphatic rings. The third kappa shape index (κ3) is 1.84. The quantitative estimate of drug-likeness (QED) is 0.635. The van der Waals surface area contributed by atoms with E-state index >= 15 is 0 Å². The van der Waals surface area contributed by atoms with Crippen LogP contribution in [0.4, 0.5) is 11.4 Å². The van der Waals surface area contributed by atoms with Gasteiger partial charge in [0.2, 0.25) is 0 Å². The van der Waals surface area contributed by atoms with Gasteiger partial charge in [0, 0.05) is 25.2 Å². The number of nitrogens with zero attached hydrogens (tertiary/aromatic N) is 4. The molecule has 0 spiro atoms. The number of azo groups is 2. The van der Waals surface area contributed by atoms with Gasteiger partial charge < -0.3 is 0 Å². The van der Waals surface area contributed by atoms with E-state index in [1.165, 1.54) is 0 Å². The van der Waals surface area contributed by atoms with Gasteiger partial charge in [-0.05, 0) is 35.4 Å². The van der Waals surface area contributed by atoms with Crippen molar-refractivity contribution in [2.45, 2.75) is 0 Å². The summed E-state index contributed by atoms with van der Waals surface area (Å²) in [5.41, 5.74) is 4.55. The molecule has 0 unspecified atom stereocenters. The number of benzene rings is 2. The summed E-state index contributed by atoms with van der Waals surface area (Å²) in [6.07, 6.45) is 0. The first-order valence-corrected chi connectivity index (χ1v) is 6.17. The topological polar surface area (TPSA) is 66.5 Å². The lowest BCUT2D eigenvalue weighted by molar-refractivity contribution is 0.104. The molecule has 0 saturated heterocycles. The Morgan fingerprint density at radius 3 is 1.55 bits per heavy atom. The molecule has 5 heteroatoms. The molecule has 2 aromatic carbocycles. The zero-order valence-electron chi connectivity index (χ0n) is 11.2. The number of carbonyl (C=O) groups excluding carboxylic acids is 1. The van der Waals surface area contributed by atoms with E-state index in [2.05, 4.69) is 20.5 Å². The first kappa shape index (κ1) is 12.3. The van der Waals surface area contributed by atoms with Gasteiger partial charge in [0.1, 0.15) is 0 Å². The van der Waals surface area contributed by atoms with Crippen molar-refractivity contribution < 1.29 is 4.79 Å². The van der Waals surface area contributed by atoms with Crippen LogP contribution in [0.15, 0.2) is 56.9 Å². The van der Waals surface area contributed by atoms with Gasteiger partial charge in [0.05, 0.1) is 11.4 Å². The van der Waals surface area contributed by atoms with E-state index in [0.29, 0.717) is 22.5 Å². The van der Waals surface area contributed by atoms with E-state index < -0.39 is 0 Å². The predicted octanol–water partition coefficient (Wildman–Crippen LogP) is 4.33. The average molecular weight is 264 g/mol. The summed E-state index contributed by atoms with van der Waals surface area (Å²) < 4.78 is 0. The van der Waals surface area contributed by atoms with Crippen LogP contribution in [0.2, 0.25) is 0 Å². The molecule has 0 bridgehead atoms. The van der Waals surface area contributed by atoms with Crippen LogP contribution in [0.1, 0.15) is 15.9 Å². The molecule has 0 heterocycles. The van der Waals surface area contributed by atoms with Crippen LogP contribution < -0.4 is 0 Å². The van der Waals surface area contributed by atoms with Crippen molar-refractivity contribution in [3.05, 3.63) is 47.5 Å². The lowest BCUT2D eigenvalue weighted by Crippen LogP contribution is -1.94. The maximum Gasteiger partial charge on any atom is 0.194 e. The number of rotatable bonds is 2. The van der Waals surface area contributed by atoms with Gasteiger partial charge in [-0.1, -0.05) is 12.1 Å². The Hall–Kier alpha value is -2.69. The number of fused-ring (bicyclic) bond motifs is 3. The molecule has 0 aliphatic heterocycles. The van der Waals surface area contributed by atoms with Gasteiger partial charge in [0.15, 0.2) is 5.78 Å². The molecule has 0 saturated carbocycles. The second kappa shape index (κ2) is 4.77. The summed E-state index contributed by atoms with van der Waals surface area (Å²) in [5, 5.41) is 15.4. The fraction of sp³-hybridized carbons (Fsp3) is 0.133. The standard InChI is InChI=1S/C15H12N4O/c1-16-18-9-3-5-11-12-6-4-10(19-17-2)8-14(12)15(20)13(11)7-9/h3-8H,1-2H3. The van der Waals surface area contributed by atoms with Crippen LogP contribution in [0, 0.1) is 0 Å². The lowest BCUT2D eigenvalue weighted by atomic mass is 10.1. The normalized spacial score (nSPS) is 13.2. The summed E-state index contributed by atoms with van der Waals surface area (Å²) >= 11 is 0. The molecule has 0 fully saturated rings. The van der Waals surface area contributed by atoms with Gasteiger partial charge in [-0.15, -0.1) is 0 Å². The molecular weight excluding hydrogens is 252 g/mol. The van der Waals surface area contributed by atoms with Gasteiger partial charge >= 0.3 is 0 Å². The Labute approximate surface area is 116 Å². The minimum atomic E-state index is -0.00342. The molecule has 0 radical (unpaired) electrons. The maximum absolute atomic E-state index is 12.5. The van der Waals surface area contributed by atoms with Gasteiger partial charge in [0.25, 0.3) is 0 Å². The Morgan fingerprint density at radius 2 is 1.15 bits per heavy atom. The minimum Gasteiger partial charge on any atom is -0.289 e. The summed E-state index contributed by atoms with van der Waals surface area (Å²) in [6.45, 7) is 0. The molecular formula is C15H12N4O. The third-order valence-corrected chi connectivity index (χ3v) is 3.22. The molecule has 3 rings (SSSR count). The van der Waals surface area contributed by atoms with Gasteiger partial charge in [-0.2, -0.15) is 20.5 Å². The van der Waals surface area contributed by atoms with Crippen molar-refractivity contribution in [3.63, 3.8) is 0 Å². The Morgan fingerprint density at radius 1 is 0.700 bits per heavy atom. The molecule has 0 atom stereocenters. The van der Waals surface area contributed by atoms with E-state index in [4.69, 9.17) is 0 Å². The molecule has 2 aromatic rings. The highest BCUT2D eigenvalue weighted by Gasteiger charge is 2.27. The highest BCUT2D eigenvalue weighted by Crippen LogP contribution is 2.39. The zero-order valence-corrected chi connectivity index (χ0v) is 11.2. The van der Waals surface area contributed by atoms with Gasteiger partial charge in [-0.25, -0.2) is 0 Å². The molecule has 98 valence electrons. The van der Waals surface area contributed by atoms with Crippen LogP contribution in [0.25, 0.3) is 11.1 Å². The van der Waals surface area contributed by atoms with Crippen LogP contribution in [-0.4, -0.2) is 19.9 Å². The average Bonchev–Trinajstić information content (AvgIpc) is 2.73. The summed E-state index contributed by atoms with van der Waals surface area (Å²) in [7, 11) is 3.21. The van der Waals surface area contributed by atoms with Crippen LogP contribution in [-0.2, 0) is 0 Å². The van der Waals surface area contributed by atoms with Crippen molar-refractivity contribution in [1.82, 2.24) is 0 Å². The molecule has 0 amide bonds. The number of carbonyl (C=O) groups is 1. The molecule has 5 nitrogen and oxygen atoms in total. The molecule has 0 aromatic heterocycles. The van der Waals surface area contributed by atoms with E-state index in [0.717, 1.165) is 11.1 Å². The van der Waals surface area contributed by atoms with Crippen LogP contribution in [0.3, 0.4) is 0 Å². The number of hydrogen-bond donors (Lipinski definition) is 0. The van der Waals surface area contributed by atoms with E-state index in [1.807, 2.05) is 24.3 Å². The third-order valence-electron chi connectivity index (χ3n) is 3.22. The summed E-state index contributed by atoms with van der Waals surface area (Å²) in [5.74, 6) is -0.00342. The fourth-order valence-corrected chi connectivity index (χ4v) is 2.41. The highest BCUT2D eigenvalue weighted by atomic mass is 16.1. The van der Waals surface area contributed by atoms with Crippen molar-refractivity contribution in [3.8, 4) is 11.1 Å². The van der Waals surface area contributed by atoms with Crippen molar-refractivity contribution >= 4 is 17.2 Å². The van der Waals surface area contributed by atoms with Crippen molar-refractivity contribution in [2.24, 2.45) is 20.5 Å².